The van der Waals surface area contributed by atoms with Crippen molar-refractivity contribution in [1.29, 1.82) is 0 Å². The fourth-order valence-corrected chi connectivity index (χ4v) is 1.95. The second-order valence-electron chi connectivity index (χ2n) is 3.62. The van der Waals surface area contributed by atoms with Crippen LogP contribution in [0.3, 0.4) is 0 Å². The highest BCUT2D eigenvalue weighted by molar-refractivity contribution is 6.29. The highest BCUT2D eigenvalue weighted by atomic mass is 35.5. The predicted molar refractivity (Wildman–Crippen MR) is 59.3 cm³/mol. The molecule has 0 aromatic carbocycles. The molecule has 2 rings (SSSR count). The van der Waals surface area contributed by atoms with Gasteiger partial charge in [0.2, 0.25) is 0 Å². The normalized spacial score (nSPS) is 18.1. The summed E-state index contributed by atoms with van der Waals surface area (Å²) in [5, 5.41) is 0.446. The first-order valence-electron chi connectivity index (χ1n) is 5.05. The molecule has 0 N–H and O–H groups in total. The van der Waals surface area contributed by atoms with Gasteiger partial charge in [-0.05, 0) is 12.8 Å². The second-order valence-corrected chi connectivity index (χ2v) is 4.01. The first-order chi connectivity index (χ1) is 7.29. The maximum atomic E-state index is 5.80. The summed E-state index contributed by atoms with van der Waals surface area (Å²) in [5.41, 5.74) is 0. The molecule has 1 aliphatic rings. The Morgan fingerprint density at radius 3 is 2.73 bits per heavy atom. The molecule has 0 amide bonds. The number of anilines is 1. The van der Waals surface area contributed by atoms with Crippen molar-refractivity contribution in [1.82, 2.24) is 9.97 Å². The Bertz CT molecular complexity index is 326. The Balaban J connectivity index is 2.01. The molecular formula is C10H14ClN3O. The van der Waals surface area contributed by atoms with E-state index in [-0.39, 0.29) is 0 Å². The van der Waals surface area contributed by atoms with Gasteiger partial charge in [0.25, 0.3) is 0 Å². The summed E-state index contributed by atoms with van der Waals surface area (Å²) in [7, 11) is 1.76. The van der Waals surface area contributed by atoms with Crippen molar-refractivity contribution < 1.29 is 4.74 Å². The summed E-state index contributed by atoms with van der Waals surface area (Å²) in [5.74, 6) is 0.858. The number of piperidine rings is 1. The van der Waals surface area contributed by atoms with Crippen molar-refractivity contribution >= 4 is 17.4 Å². The Morgan fingerprint density at radius 1 is 1.40 bits per heavy atom. The average molecular weight is 228 g/mol. The third kappa shape index (κ3) is 2.58. The van der Waals surface area contributed by atoms with Crippen LogP contribution in [-0.2, 0) is 4.74 Å². The van der Waals surface area contributed by atoms with Crippen molar-refractivity contribution in [2.45, 2.75) is 18.9 Å². The summed E-state index contributed by atoms with van der Waals surface area (Å²) in [6.45, 7) is 1.90. The van der Waals surface area contributed by atoms with Gasteiger partial charge in [-0.3, -0.25) is 4.98 Å². The largest absolute Gasteiger partial charge is 0.381 e. The van der Waals surface area contributed by atoms with Crippen LogP contribution in [0.1, 0.15) is 12.8 Å². The Labute approximate surface area is 94.2 Å². The number of rotatable bonds is 2. The van der Waals surface area contributed by atoms with E-state index in [2.05, 4.69) is 14.9 Å². The minimum atomic E-state index is 0.383. The quantitative estimate of drug-likeness (QED) is 0.772. The zero-order valence-corrected chi connectivity index (χ0v) is 9.44. The van der Waals surface area contributed by atoms with Crippen LogP contribution < -0.4 is 4.90 Å². The molecule has 0 bridgehead atoms. The third-order valence-electron chi connectivity index (χ3n) is 2.69. The summed E-state index contributed by atoms with van der Waals surface area (Å²) in [6.07, 6.45) is 5.75. The molecule has 0 atom stereocenters. The van der Waals surface area contributed by atoms with Gasteiger partial charge >= 0.3 is 0 Å². The Morgan fingerprint density at radius 2 is 2.13 bits per heavy atom. The SMILES string of the molecule is COC1CCN(c2cncc(Cl)n2)CC1. The molecular weight excluding hydrogens is 214 g/mol. The first-order valence-corrected chi connectivity index (χ1v) is 5.42. The van der Waals surface area contributed by atoms with Gasteiger partial charge in [-0.2, -0.15) is 0 Å². The molecule has 0 saturated carbocycles. The lowest BCUT2D eigenvalue weighted by molar-refractivity contribution is 0.0818. The topological polar surface area (TPSA) is 38.2 Å². The highest BCUT2D eigenvalue weighted by Gasteiger charge is 2.19. The number of halogens is 1. The molecule has 1 fully saturated rings. The Hall–Kier alpha value is -0.870. The lowest BCUT2D eigenvalue weighted by Gasteiger charge is -2.31. The molecule has 5 heteroatoms. The van der Waals surface area contributed by atoms with E-state index in [0.29, 0.717) is 11.3 Å². The van der Waals surface area contributed by atoms with Crippen LogP contribution in [0.25, 0.3) is 0 Å². The second kappa shape index (κ2) is 4.77. The fourth-order valence-electron chi connectivity index (χ4n) is 1.81. The number of hydrogen-bond acceptors (Lipinski definition) is 4. The van der Waals surface area contributed by atoms with Crippen LogP contribution in [0.2, 0.25) is 5.15 Å². The average Bonchev–Trinajstić information content (AvgIpc) is 2.29. The maximum Gasteiger partial charge on any atom is 0.149 e. The van der Waals surface area contributed by atoms with E-state index in [1.807, 2.05) is 0 Å². The van der Waals surface area contributed by atoms with Crippen molar-refractivity contribution in [2.24, 2.45) is 0 Å². The zero-order chi connectivity index (χ0) is 10.7. The van der Waals surface area contributed by atoms with Gasteiger partial charge in [0, 0.05) is 20.2 Å². The van der Waals surface area contributed by atoms with E-state index in [0.717, 1.165) is 31.7 Å². The number of methoxy groups -OCH3 is 1. The molecule has 1 aromatic rings. The highest BCUT2D eigenvalue weighted by Crippen LogP contribution is 2.19. The van der Waals surface area contributed by atoms with Crippen LogP contribution in [0.15, 0.2) is 12.4 Å². The number of aromatic nitrogens is 2. The minimum absolute atomic E-state index is 0.383. The number of hydrogen-bond donors (Lipinski definition) is 0. The van der Waals surface area contributed by atoms with Gasteiger partial charge in [0.05, 0.1) is 18.5 Å². The predicted octanol–water partition coefficient (Wildman–Crippen LogP) is 1.75. The van der Waals surface area contributed by atoms with E-state index in [4.69, 9.17) is 16.3 Å². The molecule has 1 aromatic heterocycles. The summed E-state index contributed by atoms with van der Waals surface area (Å²) < 4.78 is 5.31. The summed E-state index contributed by atoms with van der Waals surface area (Å²) in [6, 6.07) is 0. The van der Waals surface area contributed by atoms with Gasteiger partial charge in [0.1, 0.15) is 11.0 Å². The van der Waals surface area contributed by atoms with E-state index in [1.54, 1.807) is 19.5 Å². The number of nitrogens with zero attached hydrogens (tertiary/aromatic N) is 3. The minimum Gasteiger partial charge on any atom is -0.381 e. The van der Waals surface area contributed by atoms with Crippen LogP contribution >= 0.6 is 11.6 Å². The van der Waals surface area contributed by atoms with Gasteiger partial charge in [0.15, 0.2) is 0 Å². The molecule has 0 spiro atoms. The molecule has 0 radical (unpaired) electrons. The molecule has 4 nitrogen and oxygen atoms in total. The Kier molecular flexibility index (Phi) is 3.38. The van der Waals surface area contributed by atoms with Gasteiger partial charge in [-0.15, -0.1) is 0 Å². The van der Waals surface area contributed by atoms with Gasteiger partial charge in [-0.25, -0.2) is 4.98 Å². The number of ether oxygens (including phenoxy) is 1. The molecule has 82 valence electrons. The van der Waals surface area contributed by atoms with E-state index in [9.17, 15) is 0 Å². The van der Waals surface area contributed by atoms with Crippen molar-refractivity contribution in [2.75, 3.05) is 25.1 Å². The van der Waals surface area contributed by atoms with E-state index < -0.39 is 0 Å². The van der Waals surface area contributed by atoms with Gasteiger partial charge in [-0.1, -0.05) is 11.6 Å². The monoisotopic (exact) mass is 227 g/mol. The summed E-state index contributed by atoms with van der Waals surface area (Å²) in [4.78, 5) is 10.5. The lowest BCUT2D eigenvalue weighted by atomic mass is 10.1. The van der Waals surface area contributed by atoms with Crippen LogP contribution in [-0.4, -0.2) is 36.3 Å². The molecule has 1 aliphatic heterocycles. The van der Waals surface area contributed by atoms with Crippen molar-refractivity contribution in [3.05, 3.63) is 17.5 Å². The molecule has 0 unspecified atom stereocenters. The molecule has 2 heterocycles. The van der Waals surface area contributed by atoms with Crippen molar-refractivity contribution in [3.63, 3.8) is 0 Å². The zero-order valence-electron chi connectivity index (χ0n) is 8.69. The van der Waals surface area contributed by atoms with Crippen LogP contribution in [0.4, 0.5) is 5.82 Å². The first kappa shape index (κ1) is 10.6. The van der Waals surface area contributed by atoms with E-state index in [1.165, 1.54) is 0 Å². The van der Waals surface area contributed by atoms with E-state index >= 15 is 0 Å². The van der Waals surface area contributed by atoms with Crippen LogP contribution in [0.5, 0.6) is 0 Å². The van der Waals surface area contributed by atoms with Crippen molar-refractivity contribution in [3.8, 4) is 0 Å². The third-order valence-corrected chi connectivity index (χ3v) is 2.87. The van der Waals surface area contributed by atoms with Gasteiger partial charge < -0.3 is 9.64 Å². The lowest BCUT2D eigenvalue weighted by Crippen LogP contribution is -2.37. The smallest absolute Gasteiger partial charge is 0.149 e. The standard InChI is InChI=1S/C10H14ClN3O/c1-15-8-2-4-14(5-3-8)10-7-12-6-9(11)13-10/h6-8H,2-5H2,1H3. The fraction of sp³-hybridized carbons (Fsp3) is 0.600. The maximum absolute atomic E-state index is 5.80. The van der Waals surface area contributed by atoms with Crippen LogP contribution in [0, 0.1) is 0 Å². The molecule has 0 aliphatic carbocycles. The molecule has 15 heavy (non-hydrogen) atoms. The molecule has 1 saturated heterocycles. The summed E-state index contributed by atoms with van der Waals surface area (Å²) >= 11 is 5.80.